The number of esters is 1. The molecule has 1 rings (SSSR count). The molecule has 1 atom stereocenters. The summed E-state index contributed by atoms with van der Waals surface area (Å²) >= 11 is 0. The van der Waals surface area contributed by atoms with Crippen LogP contribution in [0.3, 0.4) is 0 Å². The number of halogens is 3. The van der Waals surface area contributed by atoms with Crippen molar-refractivity contribution in [3.05, 3.63) is 23.3 Å². The first-order chi connectivity index (χ1) is 8.70. The Kier molecular flexibility index (Phi) is 4.25. The standard InChI is InChI=1S/C11H11F3O5/c1-2-19-10(18)8(16)5-3-4-6(11(12,13)14)9(17)7(5)15/h3-4,8,15-17H,2H2,1H3. The summed E-state index contributed by atoms with van der Waals surface area (Å²) in [5.41, 5.74) is -2.03. The van der Waals surface area contributed by atoms with Crippen molar-refractivity contribution in [2.45, 2.75) is 19.2 Å². The molecular weight excluding hydrogens is 269 g/mol. The minimum absolute atomic E-state index is 0.0523. The molecule has 8 heteroatoms. The van der Waals surface area contributed by atoms with Crippen molar-refractivity contribution in [3.63, 3.8) is 0 Å². The van der Waals surface area contributed by atoms with Gasteiger partial charge in [0.1, 0.15) is 5.56 Å². The summed E-state index contributed by atoms with van der Waals surface area (Å²) in [5.74, 6) is -3.80. The fourth-order valence-corrected chi connectivity index (χ4v) is 1.39. The van der Waals surface area contributed by atoms with Crippen LogP contribution < -0.4 is 0 Å². The lowest BCUT2D eigenvalue weighted by Gasteiger charge is -2.15. The Balaban J connectivity index is 3.20. The molecule has 19 heavy (non-hydrogen) atoms. The highest BCUT2D eigenvalue weighted by molar-refractivity contribution is 5.78. The third-order valence-corrected chi connectivity index (χ3v) is 2.29. The van der Waals surface area contributed by atoms with E-state index >= 15 is 0 Å². The average Bonchev–Trinajstić information content (AvgIpc) is 2.30. The van der Waals surface area contributed by atoms with E-state index in [1.54, 1.807) is 0 Å². The van der Waals surface area contributed by atoms with E-state index in [9.17, 15) is 33.3 Å². The monoisotopic (exact) mass is 280 g/mol. The summed E-state index contributed by atoms with van der Waals surface area (Å²) < 4.78 is 41.7. The van der Waals surface area contributed by atoms with Gasteiger partial charge >= 0.3 is 12.1 Å². The number of aromatic hydroxyl groups is 2. The van der Waals surface area contributed by atoms with E-state index in [-0.39, 0.29) is 6.61 Å². The third-order valence-electron chi connectivity index (χ3n) is 2.29. The number of hydrogen-bond acceptors (Lipinski definition) is 5. The van der Waals surface area contributed by atoms with Crippen molar-refractivity contribution >= 4 is 5.97 Å². The van der Waals surface area contributed by atoms with Crippen LogP contribution >= 0.6 is 0 Å². The number of carbonyl (C=O) groups excluding carboxylic acids is 1. The Labute approximate surface area is 105 Å². The Hall–Kier alpha value is -1.96. The fraction of sp³-hybridized carbons (Fsp3) is 0.364. The van der Waals surface area contributed by atoms with Gasteiger partial charge < -0.3 is 20.1 Å². The molecule has 0 heterocycles. The van der Waals surface area contributed by atoms with E-state index in [0.29, 0.717) is 12.1 Å². The predicted octanol–water partition coefficient (Wildman–Crippen LogP) is 1.71. The fourth-order valence-electron chi connectivity index (χ4n) is 1.39. The van der Waals surface area contributed by atoms with Crippen LogP contribution in [0.1, 0.15) is 24.2 Å². The molecule has 0 saturated heterocycles. The van der Waals surface area contributed by atoms with Gasteiger partial charge in [-0.3, -0.25) is 0 Å². The average molecular weight is 280 g/mol. The zero-order chi connectivity index (χ0) is 14.8. The number of benzene rings is 1. The van der Waals surface area contributed by atoms with Crippen molar-refractivity contribution in [2.24, 2.45) is 0 Å². The molecule has 0 bridgehead atoms. The molecule has 0 aliphatic rings. The van der Waals surface area contributed by atoms with Gasteiger partial charge in [-0.2, -0.15) is 13.2 Å². The topological polar surface area (TPSA) is 87.0 Å². The van der Waals surface area contributed by atoms with Crippen LogP contribution in [0.4, 0.5) is 13.2 Å². The Bertz CT molecular complexity index is 484. The second kappa shape index (κ2) is 5.35. The lowest BCUT2D eigenvalue weighted by molar-refractivity contribution is -0.153. The number of carbonyl (C=O) groups is 1. The summed E-state index contributed by atoms with van der Waals surface area (Å²) in [4.78, 5) is 11.2. The lowest BCUT2D eigenvalue weighted by Crippen LogP contribution is -2.16. The van der Waals surface area contributed by atoms with Gasteiger partial charge in [0.15, 0.2) is 17.6 Å². The Morgan fingerprint density at radius 2 is 1.89 bits per heavy atom. The van der Waals surface area contributed by atoms with Crippen LogP contribution in [0.25, 0.3) is 0 Å². The van der Waals surface area contributed by atoms with Gasteiger partial charge in [-0.1, -0.05) is 6.07 Å². The van der Waals surface area contributed by atoms with E-state index in [4.69, 9.17) is 0 Å². The largest absolute Gasteiger partial charge is 0.504 e. The molecule has 0 amide bonds. The Morgan fingerprint density at radius 1 is 1.32 bits per heavy atom. The smallest absolute Gasteiger partial charge is 0.420 e. The number of aliphatic hydroxyl groups is 1. The summed E-state index contributed by atoms with van der Waals surface area (Å²) in [6, 6.07) is 1.15. The van der Waals surface area contributed by atoms with Crippen LogP contribution in [0.5, 0.6) is 11.5 Å². The minimum atomic E-state index is -4.87. The molecule has 106 valence electrons. The number of phenols is 2. The number of ether oxygens (including phenoxy) is 1. The first kappa shape index (κ1) is 15.1. The van der Waals surface area contributed by atoms with Crippen LogP contribution in [0.15, 0.2) is 12.1 Å². The second-order valence-electron chi connectivity index (χ2n) is 3.55. The van der Waals surface area contributed by atoms with Crippen molar-refractivity contribution < 1.29 is 38.0 Å². The van der Waals surface area contributed by atoms with Gasteiger partial charge in [0.25, 0.3) is 0 Å². The summed E-state index contributed by atoms with van der Waals surface area (Å²) in [6.45, 7) is 1.41. The second-order valence-corrected chi connectivity index (χ2v) is 3.55. The zero-order valence-corrected chi connectivity index (χ0v) is 9.73. The normalized spacial score (nSPS) is 13.1. The zero-order valence-electron chi connectivity index (χ0n) is 9.73. The molecule has 0 aromatic heterocycles. The molecule has 5 nitrogen and oxygen atoms in total. The molecule has 1 aromatic rings. The predicted molar refractivity (Wildman–Crippen MR) is 56.4 cm³/mol. The van der Waals surface area contributed by atoms with Gasteiger partial charge in [0, 0.05) is 5.56 Å². The molecular formula is C11H11F3O5. The van der Waals surface area contributed by atoms with E-state index in [1.807, 2.05) is 0 Å². The van der Waals surface area contributed by atoms with Crippen molar-refractivity contribution in [3.8, 4) is 11.5 Å². The number of rotatable bonds is 3. The van der Waals surface area contributed by atoms with E-state index in [0.717, 1.165) is 0 Å². The summed E-state index contributed by atoms with van der Waals surface area (Å²) in [7, 11) is 0. The highest BCUT2D eigenvalue weighted by Crippen LogP contribution is 2.43. The third kappa shape index (κ3) is 3.08. The van der Waals surface area contributed by atoms with Gasteiger partial charge in [-0.15, -0.1) is 0 Å². The lowest BCUT2D eigenvalue weighted by atomic mass is 10.0. The molecule has 0 aliphatic heterocycles. The maximum absolute atomic E-state index is 12.4. The highest BCUT2D eigenvalue weighted by Gasteiger charge is 2.36. The first-order valence-corrected chi connectivity index (χ1v) is 5.16. The Morgan fingerprint density at radius 3 is 2.37 bits per heavy atom. The number of alkyl halides is 3. The summed E-state index contributed by atoms with van der Waals surface area (Å²) in [5, 5.41) is 28.1. The molecule has 0 saturated carbocycles. The first-order valence-electron chi connectivity index (χ1n) is 5.16. The van der Waals surface area contributed by atoms with Crippen molar-refractivity contribution in [2.75, 3.05) is 6.61 Å². The SMILES string of the molecule is CCOC(=O)C(O)c1ccc(C(F)(F)F)c(O)c1O. The highest BCUT2D eigenvalue weighted by atomic mass is 19.4. The van der Waals surface area contributed by atoms with Crippen LogP contribution in [0.2, 0.25) is 0 Å². The van der Waals surface area contributed by atoms with Crippen LogP contribution in [-0.4, -0.2) is 27.9 Å². The van der Waals surface area contributed by atoms with E-state index in [1.165, 1.54) is 6.92 Å². The maximum Gasteiger partial charge on any atom is 0.420 e. The molecule has 0 fully saturated rings. The molecule has 1 unspecified atom stereocenters. The van der Waals surface area contributed by atoms with E-state index < -0.39 is 40.9 Å². The van der Waals surface area contributed by atoms with Crippen LogP contribution in [0, 0.1) is 0 Å². The van der Waals surface area contributed by atoms with Crippen molar-refractivity contribution in [1.29, 1.82) is 0 Å². The number of aliphatic hydroxyl groups excluding tert-OH is 1. The summed E-state index contributed by atoms with van der Waals surface area (Å²) in [6.07, 6.45) is -6.84. The maximum atomic E-state index is 12.4. The van der Waals surface area contributed by atoms with Gasteiger partial charge in [-0.25, -0.2) is 4.79 Å². The quantitative estimate of drug-likeness (QED) is 0.579. The number of hydrogen-bond donors (Lipinski definition) is 3. The van der Waals surface area contributed by atoms with E-state index in [2.05, 4.69) is 4.74 Å². The van der Waals surface area contributed by atoms with Gasteiger partial charge in [0.05, 0.1) is 6.61 Å². The molecule has 0 radical (unpaired) electrons. The number of phenolic OH excluding ortho intramolecular Hbond substituents is 2. The molecule has 0 aliphatic carbocycles. The van der Waals surface area contributed by atoms with Crippen molar-refractivity contribution in [1.82, 2.24) is 0 Å². The molecule has 0 spiro atoms. The molecule has 1 aromatic carbocycles. The van der Waals surface area contributed by atoms with Gasteiger partial charge in [-0.05, 0) is 13.0 Å². The van der Waals surface area contributed by atoms with Crippen LogP contribution in [-0.2, 0) is 15.7 Å². The van der Waals surface area contributed by atoms with Gasteiger partial charge in [0.2, 0.25) is 0 Å². The minimum Gasteiger partial charge on any atom is -0.504 e. The molecule has 3 N–H and O–H groups in total.